The zero-order valence-electron chi connectivity index (χ0n) is 11.8. The number of carbonyl (C=O) groups excluding carboxylic acids is 1. The van der Waals surface area contributed by atoms with Gasteiger partial charge in [-0.2, -0.15) is 0 Å². The monoisotopic (exact) mass is 327 g/mol. The minimum Gasteiger partial charge on any atom is -0.386 e. The lowest BCUT2D eigenvalue weighted by molar-refractivity contribution is -0.121. The quantitative estimate of drug-likeness (QED) is 0.830. The highest BCUT2D eigenvalue weighted by atomic mass is 19.1. The van der Waals surface area contributed by atoms with E-state index in [9.17, 15) is 27.5 Å². The van der Waals surface area contributed by atoms with E-state index in [0.29, 0.717) is 6.07 Å². The molecule has 0 bridgehead atoms. The number of aliphatic hydroxyl groups is 1. The van der Waals surface area contributed by atoms with Gasteiger partial charge < -0.3 is 10.4 Å². The molecule has 0 aliphatic carbocycles. The van der Waals surface area contributed by atoms with Crippen LogP contribution in [0.1, 0.15) is 17.2 Å². The van der Waals surface area contributed by atoms with Crippen molar-refractivity contribution < 1.29 is 27.5 Å². The summed E-state index contributed by atoms with van der Waals surface area (Å²) in [6.07, 6.45) is -1.98. The van der Waals surface area contributed by atoms with E-state index < -0.39 is 53.8 Å². The van der Waals surface area contributed by atoms with Crippen LogP contribution in [-0.2, 0) is 11.2 Å². The fourth-order valence-electron chi connectivity index (χ4n) is 2.04. The van der Waals surface area contributed by atoms with E-state index in [1.807, 2.05) is 0 Å². The largest absolute Gasteiger partial charge is 0.386 e. The normalized spacial score (nSPS) is 12.0. The first-order valence-electron chi connectivity index (χ1n) is 6.71. The van der Waals surface area contributed by atoms with E-state index in [-0.39, 0.29) is 5.56 Å². The van der Waals surface area contributed by atoms with Crippen molar-refractivity contribution in [1.82, 2.24) is 5.32 Å². The van der Waals surface area contributed by atoms with Crippen LogP contribution < -0.4 is 5.32 Å². The van der Waals surface area contributed by atoms with Gasteiger partial charge in [0.1, 0.15) is 29.4 Å². The summed E-state index contributed by atoms with van der Waals surface area (Å²) in [4.78, 5) is 11.7. The SMILES string of the molecule is O=C(Cc1ccc(F)cc1F)NCC(O)c1c(F)cccc1F. The average Bonchev–Trinajstić information content (AvgIpc) is 2.48. The summed E-state index contributed by atoms with van der Waals surface area (Å²) >= 11 is 0. The number of halogens is 4. The van der Waals surface area contributed by atoms with Crippen LogP contribution in [0.3, 0.4) is 0 Å². The van der Waals surface area contributed by atoms with E-state index in [1.165, 1.54) is 0 Å². The second-order valence-electron chi connectivity index (χ2n) is 4.87. The first-order valence-corrected chi connectivity index (χ1v) is 6.71. The Bertz CT molecular complexity index is 701. The van der Waals surface area contributed by atoms with E-state index in [2.05, 4.69) is 5.32 Å². The molecule has 2 aromatic carbocycles. The maximum atomic E-state index is 13.5. The van der Waals surface area contributed by atoms with E-state index >= 15 is 0 Å². The first kappa shape index (κ1) is 17.0. The molecule has 0 aromatic heterocycles. The van der Waals surface area contributed by atoms with Gasteiger partial charge in [-0.3, -0.25) is 4.79 Å². The summed E-state index contributed by atoms with van der Waals surface area (Å²) in [6, 6.07) is 5.89. The fourth-order valence-corrected chi connectivity index (χ4v) is 2.04. The Balaban J connectivity index is 1.96. The second kappa shape index (κ2) is 7.23. The lowest BCUT2D eigenvalue weighted by Gasteiger charge is -2.14. The van der Waals surface area contributed by atoms with E-state index in [0.717, 1.165) is 30.3 Å². The molecule has 2 N–H and O–H groups in total. The van der Waals surface area contributed by atoms with Crippen molar-refractivity contribution in [2.75, 3.05) is 6.54 Å². The van der Waals surface area contributed by atoms with Crippen LogP contribution in [0.2, 0.25) is 0 Å². The number of aliphatic hydroxyl groups excluding tert-OH is 1. The topological polar surface area (TPSA) is 49.3 Å². The van der Waals surface area contributed by atoms with Crippen LogP contribution in [-0.4, -0.2) is 17.6 Å². The highest BCUT2D eigenvalue weighted by Gasteiger charge is 2.18. The van der Waals surface area contributed by atoms with Crippen molar-refractivity contribution in [3.8, 4) is 0 Å². The molecule has 0 spiro atoms. The molecule has 1 atom stereocenters. The molecule has 0 radical (unpaired) electrons. The minimum absolute atomic E-state index is 0.0320. The molecule has 0 saturated heterocycles. The van der Waals surface area contributed by atoms with Crippen molar-refractivity contribution in [1.29, 1.82) is 0 Å². The molecule has 122 valence electrons. The van der Waals surface area contributed by atoms with Crippen LogP contribution >= 0.6 is 0 Å². The van der Waals surface area contributed by atoms with Gasteiger partial charge in [-0.05, 0) is 23.8 Å². The molecule has 0 heterocycles. The lowest BCUT2D eigenvalue weighted by Crippen LogP contribution is -2.30. The van der Waals surface area contributed by atoms with Crippen molar-refractivity contribution in [3.05, 3.63) is 70.8 Å². The standard InChI is InChI=1S/C16H13F4NO2/c17-10-5-4-9(13(20)7-10)6-15(23)21-8-14(22)16-11(18)2-1-3-12(16)19/h1-5,7,14,22H,6,8H2,(H,21,23). The Morgan fingerprint density at radius 3 is 2.30 bits per heavy atom. The molecule has 0 fully saturated rings. The number of nitrogens with one attached hydrogen (secondary N) is 1. The highest BCUT2D eigenvalue weighted by Crippen LogP contribution is 2.20. The number of benzene rings is 2. The van der Waals surface area contributed by atoms with Gasteiger partial charge in [-0.15, -0.1) is 0 Å². The Morgan fingerprint density at radius 1 is 1.04 bits per heavy atom. The summed E-state index contributed by atoms with van der Waals surface area (Å²) in [6.45, 7) is -0.445. The second-order valence-corrected chi connectivity index (χ2v) is 4.87. The van der Waals surface area contributed by atoms with Gasteiger partial charge in [0, 0.05) is 12.6 Å². The van der Waals surface area contributed by atoms with Crippen LogP contribution in [0.25, 0.3) is 0 Å². The highest BCUT2D eigenvalue weighted by molar-refractivity contribution is 5.78. The molecule has 0 saturated carbocycles. The number of carbonyl (C=O) groups is 1. The van der Waals surface area contributed by atoms with Crippen LogP contribution in [0.15, 0.2) is 36.4 Å². The predicted molar refractivity (Wildman–Crippen MR) is 74.4 cm³/mol. The molecule has 2 rings (SSSR count). The third kappa shape index (κ3) is 4.29. The molecule has 7 heteroatoms. The average molecular weight is 327 g/mol. The van der Waals surface area contributed by atoms with Gasteiger partial charge in [0.05, 0.1) is 12.0 Å². The molecule has 0 aliphatic heterocycles. The number of rotatable bonds is 5. The maximum absolute atomic E-state index is 13.5. The summed E-state index contributed by atoms with van der Waals surface area (Å²) < 4.78 is 53.1. The van der Waals surface area contributed by atoms with Crippen molar-refractivity contribution in [2.45, 2.75) is 12.5 Å². The molecular weight excluding hydrogens is 314 g/mol. The molecule has 23 heavy (non-hydrogen) atoms. The van der Waals surface area contributed by atoms with E-state index in [4.69, 9.17) is 0 Å². The third-order valence-corrected chi connectivity index (χ3v) is 3.19. The zero-order valence-corrected chi connectivity index (χ0v) is 11.8. The first-order chi connectivity index (χ1) is 10.9. The molecule has 1 unspecified atom stereocenters. The van der Waals surface area contributed by atoms with Crippen molar-refractivity contribution in [3.63, 3.8) is 0 Å². The number of hydrogen-bond donors (Lipinski definition) is 2. The Hall–Kier alpha value is -2.41. The third-order valence-electron chi connectivity index (χ3n) is 3.19. The van der Waals surface area contributed by atoms with Crippen molar-refractivity contribution in [2.24, 2.45) is 0 Å². The van der Waals surface area contributed by atoms with Gasteiger partial charge in [0.25, 0.3) is 0 Å². The van der Waals surface area contributed by atoms with Gasteiger partial charge in [0.2, 0.25) is 5.91 Å². The smallest absolute Gasteiger partial charge is 0.224 e. The fraction of sp³-hybridized carbons (Fsp3) is 0.188. The lowest BCUT2D eigenvalue weighted by atomic mass is 10.1. The summed E-state index contributed by atoms with van der Waals surface area (Å²) in [5.74, 6) is -4.18. The Kier molecular flexibility index (Phi) is 5.33. The predicted octanol–water partition coefficient (Wildman–Crippen LogP) is 2.64. The van der Waals surface area contributed by atoms with Gasteiger partial charge >= 0.3 is 0 Å². The molecule has 2 aromatic rings. The molecule has 3 nitrogen and oxygen atoms in total. The minimum atomic E-state index is -1.58. The summed E-state index contributed by atoms with van der Waals surface area (Å²) in [5.41, 5.74) is -0.587. The maximum Gasteiger partial charge on any atom is 0.224 e. The van der Waals surface area contributed by atoms with Crippen LogP contribution in [0.5, 0.6) is 0 Å². The van der Waals surface area contributed by atoms with Crippen LogP contribution in [0, 0.1) is 23.3 Å². The van der Waals surface area contributed by atoms with Crippen LogP contribution in [0.4, 0.5) is 17.6 Å². The number of amides is 1. The summed E-state index contributed by atoms with van der Waals surface area (Å²) in [7, 11) is 0. The Labute approximate surface area is 129 Å². The summed E-state index contributed by atoms with van der Waals surface area (Å²) in [5, 5.41) is 12.0. The zero-order chi connectivity index (χ0) is 17.0. The van der Waals surface area contributed by atoms with Gasteiger partial charge in [0.15, 0.2) is 0 Å². The number of hydrogen-bond acceptors (Lipinski definition) is 2. The van der Waals surface area contributed by atoms with E-state index in [1.54, 1.807) is 0 Å². The van der Waals surface area contributed by atoms with Gasteiger partial charge in [-0.1, -0.05) is 12.1 Å². The molecular formula is C16H13F4NO2. The molecule has 1 amide bonds. The van der Waals surface area contributed by atoms with Gasteiger partial charge in [-0.25, -0.2) is 17.6 Å². The Morgan fingerprint density at radius 2 is 1.70 bits per heavy atom. The molecule has 0 aliphatic rings. The van der Waals surface area contributed by atoms with Crippen molar-refractivity contribution >= 4 is 5.91 Å².